The molecule has 12 nitrogen and oxygen atoms in total. The SMILES string of the molecule is COC(=O)NCCN1C(=O)C2(CCOCC2)Oc2ccc(C(=O)N(C(C)C)[C@@H]3CCCN(C(=O)O)C3)cc21. The van der Waals surface area contributed by atoms with E-state index in [0.29, 0.717) is 62.4 Å². The molecule has 0 unspecified atom stereocenters. The predicted molar refractivity (Wildman–Crippen MR) is 137 cm³/mol. The van der Waals surface area contributed by atoms with Gasteiger partial charge in [0.15, 0.2) is 5.60 Å². The number of nitrogens with one attached hydrogen (secondary N) is 1. The van der Waals surface area contributed by atoms with Crippen LogP contribution in [-0.2, 0) is 14.3 Å². The fraction of sp³-hybridized carbons (Fsp3) is 0.615. The molecule has 3 heterocycles. The molecule has 4 amide bonds. The van der Waals surface area contributed by atoms with Gasteiger partial charge < -0.3 is 39.3 Å². The molecule has 3 aliphatic heterocycles. The van der Waals surface area contributed by atoms with Crippen molar-refractivity contribution >= 4 is 29.7 Å². The molecule has 0 aliphatic carbocycles. The fourth-order valence-electron chi connectivity index (χ4n) is 5.46. The molecule has 208 valence electrons. The van der Waals surface area contributed by atoms with E-state index in [9.17, 15) is 24.3 Å². The molecular formula is C26H36N4O8. The molecule has 3 aliphatic rings. The van der Waals surface area contributed by atoms with Crippen LogP contribution in [0.25, 0.3) is 0 Å². The highest BCUT2D eigenvalue weighted by Crippen LogP contribution is 2.42. The lowest BCUT2D eigenvalue weighted by Crippen LogP contribution is -2.59. The number of alkyl carbamates (subject to hydrolysis) is 1. The zero-order chi connectivity index (χ0) is 27.4. The van der Waals surface area contributed by atoms with E-state index < -0.39 is 17.8 Å². The summed E-state index contributed by atoms with van der Waals surface area (Å²) in [5.41, 5.74) is -0.242. The van der Waals surface area contributed by atoms with Crippen LogP contribution in [-0.4, -0.2) is 103 Å². The zero-order valence-electron chi connectivity index (χ0n) is 22.1. The molecule has 4 rings (SSSR count). The molecule has 0 saturated carbocycles. The van der Waals surface area contributed by atoms with Gasteiger partial charge in [-0.2, -0.15) is 0 Å². The summed E-state index contributed by atoms with van der Waals surface area (Å²) < 4.78 is 16.4. The number of ether oxygens (including phenoxy) is 3. The van der Waals surface area contributed by atoms with Crippen molar-refractivity contribution in [1.29, 1.82) is 0 Å². The van der Waals surface area contributed by atoms with Gasteiger partial charge in [0.25, 0.3) is 11.8 Å². The van der Waals surface area contributed by atoms with Crippen molar-refractivity contribution in [3.05, 3.63) is 23.8 Å². The number of piperidine rings is 1. The number of likely N-dealkylation sites (tertiary alicyclic amines) is 1. The molecule has 0 aromatic heterocycles. The molecule has 2 N–H and O–H groups in total. The maximum atomic E-state index is 13.8. The Morgan fingerprint density at radius 3 is 2.66 bits per heavy atom. The second kappa shape index (κ2) is 11.5. The summed E-state index contributed by atoms with van der Waals surface area (Å²) in [5.74, 6) is -0.00642. The Bertz CT molecular complexity index is 1070. The summed E-state index contributed by atoms with van der Waals surface area (Å²) >= 11 is 0. The van der Waals surface area contributed by atoms with Gasteiger partial charge in [-0.3, -0.25) is 9.59 Å². The molecule has 0 bridgehead atoms. The highest BCUT2D eigenvalue weighted by molar-refractivity contribution is 6.05. The number of carbonyl (C=O) groups is 4. The number of methoxy groups -OCH3 is 1. The topological polar surface area (TPSA) is 138 Å². The van der Waals surface area contributed by atoms with Crippen molar-refractivity contribution in [3.63, 3.8) is 0 Å². The smallest absolute Gasteiger partial charge is 0.407 e. The molecule has 2 saturated heterocycles. The third kappa shape index (κ3) is 5.50. The van der Waals surface area contributed by atoms with Crippen LogP contribution < -0.4 is 15.0 Å². The van der Waals surface area contributed by atoms with E-state index in [1.54, 1.807) is 28.0 Å². The zero-order valence-corrected chi connectivity index (χ0v) is 22.1. The lowest BCUT2D eigenvalue weighted by Gasteiger charge is -2.44. The Balaban J connectivity index is 1.64. The average molecular weight is 533 g/mol. The van der Waals surface area contributed by atoms with Crippen LogP contribution in [0.3, 0.4) is 0 Å². The Labute approximate surface area is 221 Å². The molecule has 12 heteroatoms. The van der Waals surface area contributed by atoms with Crippen LogP contribution in [0.15, 0.2) is 18.2 Å². The maximum Gasteiger partial charge on any atom is 0.407 e. The molecular weight excluding hydrogens is 496 g/mol. The van der Waals surface area contributed by atoms with Gasteiger partial charge in [-0.1, -0.05) is 0 Å². The van der Waals surface area contributed by atoms with Crippen molar-refractivity contribution in [2.24, 2.45) is 0 Å². The van der Waals surface area contributed by atoms with Crippen molar-refractivity contribution < 1.29 is 38.5 Å². The van der Waals surface area contributed by atoms with E-state index in [-0.39, 0.29) is 43.5 Å². The fourth-order valence-corrected chi connectivity index (χ4v) is 5.46. The summed E-state index contributed by atoms with van der Waals surface area (Å²) in [4.78, 5) is 55.3. The molecule has 1 aromatic rings. The number of nitrogens with zero attached hydrogens (tertiary/aromatic N) is 3. The summed E-state index contributed by atoms with van der Waals surface area (Å²) in [5, 5.41) is 12.1. The van der Waals surface area contributed by atoms with Gasteiger partial charge in [-0.25, -0.2) is 9.59 Å². The number of carbonyl (C=O) groups excluding carboxylic acids is 3. The van der Waals surface area contributed by atoms with Crippen LogP contribution in [0.2, 0.25) is 0 Å². The summed E-state index contributed by atoms with van der Waals surface area (Å²) in [6.07, 6.45) is 0.578. The number of benzene rings is 1. The number of carboxylic acid groups (broad SMARTS) is 1. The van der Waals surface area contributed by atoms with E-state index in [2.05, 4.69) is 10.1 Å². The van der Waals surface area contributed by atoms with Crippen LogP contribution in [0.5, 0.6) is 5.75 Å². The number of hydrogen-bond donors (Lipinski definition) is 2. The van der Waals surface area contributed by atoms with E-state index >= 15 is 0 Å². The average Bonchev–Trinajstić information content (AvgIpc) is 2.91. The third-order valence-electron chi connectivity index (χ3n) is 7.38. The second-order valence-electron chi connectivity index (χ2n) is 10.1. The second-order valence-corrected chi connectivity index (χ2v) is 10.1. The monoisotopic (exact) mass is 532 g/mol. The summed E-state index contributed by atoms with van der Waals surface area (Å²) in [6, 6.07) is 4.61. The lowest BCUT2D eigenvalue weighted by atomic mass is 9.90. The Morgan fingerprint density at radius 2 is 2.00 bits per heavy atom. The predicted octanol–water partition coefficient (Wildman–Crippen LogP) is 2.31. The number of anilines is 1. The first-order valence-electron chi connectivity index (χ1n) is 13.0. The first-order chi connectivity index (χ1) is 18.2. The van der Waals surface area contributed by atoms with Gasteiger partial charge in [0.1, 0.15) is 5.75 Å². The minimum Gasteiger partial charge on any atom is -0.475 e. The number of amides is 4. The largest absolute Gasteiger partial charge is 0.475 e. The van der Waals surface area contributed by atoms with Crippen molar-refractivity contribution in [3.8, 4) is 5.75 Å². The minimum atomic E-state index is -1.06. The van der Waals surface area contributed by atoms with Crippen molar-refractivity contribution in [1.82, 2.24) is 15.1 Å². The first-order valence-corrected chi connectivity index (χ1v) is 13.0. The van der Waals surface area contributed by atoms with Crippen LogP contribution in [0.4, 0.5) is 15.3 Å². The highest BCUT2D eigenvalue weighted by atomic mass is 16.5. The molecule has 1 atom stereocenters. The van der Waals surface area contributed by atoms with E-state index in [0.717, 1.165) is 0 Å². The van der Waals surface area contributed by atoms with Crippen LogP contribution in [0, 0.1) is 0 Å². The quantitative estimate of drug-likeness (QED) is 0.569. The van der Waals surface area contributed by atoms with Crippen LogP contribution >= 0.6 is 0 Å². The standard InChI is InChI=1S/C26H36N4O8/c1-17(2)30(19-5-4-11-28(16-19)25(34)35)22(31)18-6-7-21-20(15-18)29(12-10-27-24(33)36-3)23(32)26(38-21)8-13-37-14-9-26/h6-7,15,17,19H,4-5,8-14,16H2,1-3H3,(H,27,33)(H,34,35)/t19-/m1/s1. The van der Waals surface area contributed by atoms with Gasteiger partial charge in [-0.05, 0) is 44.9 Å². The molecule has 0 radical (unpaired) electrons. The third-order valence-corrected chi connectivity index (χ3v) is 7.38. The molecule has 1 spiro atoms. The van der Waals surface area contributed by atoms with Gasteiger partial charge in [0.2, 0.25) is 0 Å². The molecule has 1 aromatic carbocycles. The Morgan fingerprint density at radius 1 is 1.26 bits per heavy atom. The maximum absolute atomic E-state index is 13.8. The van der Waals surface area contributed by atoms with E-state index in [1.165, 1.54) is 12.0 Å². The number of hydrogen-bond acceptors (Lipinski definition) is 7. The minimum absolute atomic E-state index is 0.147. The molecule has 2 fully saturated rings. The lowest BCUT2D eigenvalue weighted by molar-refractivity contribution is -0.144. The van der Waals surface area contributed by atoms with Gasteiger partial charge in [0.05, 0.1) is 32.1 Å². The molecule has 38 heavy (non-hydrogen) atoms. The highest BCUT2D eigenvalue weighted by Gasteiger charge is 2.49. The number of fused-ring (bicyclic) bond motifs is 1. The Kier molecular flexibility index (Phi) is 8.29. The van der Waals surface area contributed by atoms with Gasteiger partial charge in [-0.15, -0.1) is 0 Å². The summed E-state index contributed by atoms with van der Waals surface area (Å²) in [6.45, 7) is 5.61. The van der Waals surface area contributed by atoms with Crippen LogP contribution in [0.1, 0.15) is 49.9 Å². The number of rotatable bonds is 6. The van der Waals surface area contributed by atoms with Gasteiger partial charge >= 0.3 is 12.2 Å². The Hall–Kier alpha value is -3.54. The van der Waals surface area contributed by atoms with Crippen molar-refractivity contribution in [2.45, 2.75) is 57.2 Å². The van der Waals surface area contributed by atoms with Gasteiger partial charge in [0, 0.05) is 50.6 Å². The van der Waals surface area contributed by atoms with E-state index in [1.807, 2.05) is 13.8 Å². The van der Waals surface area contributed by atoms with E-state index in [4.69, 9.17) is 9.47 Å². The van der Waals surface area contributed by atoms with Crippen molar-refractivity contribution in [2.75, 3.05) is 51.4 Å². The summed E-state index contributed by atoms with van der Waals surface area (Å²) in [7, 11) is 1.27. The first kappa shape index (κ1) is 27.5. The normalized spacial score (nSPS) is 20.5.